The Balaban J connectivity index is 1.43. The van der Waals surface area contributed by atoms with Crippen molar-refractivity contribution in [3.63, 3.8) is 0 Å². The Morgan fingerprint density at radius 1 is 1.19 bits per heavy atom. The summed E-state index contributed by atoms with van der Waals surface area (Å²) in [6.45, 7) is 5.58. The summed E-state index contributed by atoms with van der Waals surface area (Å²) in [5.41, 5.74) is 1.46. The van der Waals surface area contributed by atoms with E-state index in [0.29, 0.717) is 43.4 Å². The highest BCUT2D eigenvalue weighted by molar-refractivity contribution is 5.78. The molecule has 1 fully saturated rings. The van der Waals surface area contributed by atoms with Crippen LogP contribution >= 0.6 is 0 Å². The number of carbonyl (C=O) groups excluding carboxylic acids is 1. The molecule has 9 nitrogen and oxygen atoms in total. The molecule has 2 heterocycles. The lowest BCUT2D eigenvalue weighted by Crippen LogP contribution is -2.50. The van der Waals surface area contributed by atoms with Crippen molar-refractivity contribution in [1.29, 1.82) is 0 Å². The second-order valence-corrected chi connectivity index (χ2v) is 8.29. The van der Waals surface area contributed by atoms with Crippen LogP contribution in [0.2, 0.25) is 0 Å². The molecular weight excluding hydrogens is 467 g/mol. The topological polar surface area (TPSA) is 98.0 Å². The number of nitrogens with zero attached hydrogens (tertiary/aromatic N) is 4. The number of halogens is 1. The molecule has 2 aromatic carbocycles. The number of benzene rings is 2. The maximum Gasteiger partial charge on any atom is 0.287 e. The Kier molecular flexibility index (Phi) is 7.74. The summed E-state index contributed by atoms with van der Waals surface area (Å²) in [6.07, 6.45) is 1.83. The zero-order valence-electron chi connectivity index (χ0n) is 20.1. The van der Waals surface area contributed by atoms with Crippen molar-refractivity contribution in [2.75, 3.05) is 31.2 Å². The van der Waals surface area contributed by atoms with Crippen LogP contribution in [0.4, 0.5) is 21.6 Å². The van der Waals surface area contributed by atoms with Gasteiger partial charge in [0.15, 0.2) is 11.6 Å². The number of pyridine rings is 1. The van der Waals surface area contributed by atoms with E-state index in [1.807, 2.05) is 30.9 Å². The van der Waals surface area contributed by atoms with Gasteiger partial charge in [0.2, 0.25) is 5.91 Å². The number of morpholine rings is 1. The summed E-state index contributed by atoms with van der Waals surface area (Å²) in [4.78, 5) is 30.1. The van der Waals surface area contributed by atoms with Crippen molar-refractivity contribution >= 4 is 23.1 Å². The third kappa shape index (κ3) is 5.60. The molecule has 188 valence electrons. The van der Waals surface area contributed by atoms with E-state index in [9.17, 15) is 19.3 Å². The Morgan fingerprint density at radius 3 is 2.58 bits per heavy atom. The van der Waals surface area contributed by atoms with Gasteiger partial charge in [-0.2, -0.15) is 0 Å². The van der Waals surface area contributed by atoms with Gasteiger partial charge >= 0.3 is 0 Å². The van der Waals surface area contributed by atoms with Crippen molar-refractivity contribution in [3.8, 4) is 11.5 Å². The summed E-state index contributed by atoms with van der Waals surface area (Å²) in [5, 5.41) is 10.9. The van der Waals surface area contributed by atoms with Crippen molar-refractivity contribution in [3.05, 3.63) is 82.3 Å². The first-order valence-electron chi connectivity index (χ1n) is 11.7. The zero-order chi connectivity index (χ0) is 25.7. The standard InChI is InChI=1S/C26H27FN4O5/c1-3-29(25-12-8-20(15-28-25)31(33)34)19-7-11-24(23(27)14-19)36-22-9-5-18(6-10-22)13-21-16-35-17-26(32)30(21)4-2/h5-12,14-15,21H,3-4,13,16-17H2,1-2H3. The highest BCUT2D eigenvalue weighted by Gasteiger charge is 2.27. The number of hydrogen-bond donors (Lipinski definition) is 0. The minimum absolute atomic E-state index is 0.00127. The van der Waals surface area contributed by atoms with Gasteiger partial charge in [-0.05, 0) is 56.2 Å². The van der Waals surface area contributed by atoms with Crippen LogP contribution in [0.5, 0.6) is 11.5 Å². The van der Waals surface area contributed by atoms with E-state index in [4.69, 9.17) is 9.47 Å². The predicted molar refractivity (Wildman–Crippen MR) is 132 cm³/mol. The van der Waals surface area contributed by atoms with Crippen LogP contribution in [-0.4, -0.2) is 53.1 Å². The van der Waals surface area contributed by atoms with Gasteiger partial charge in [-0.15, -0.1) is 0 Å². The molecule has 3 aromatic rings. The summed E-state index contributed by atoms with van der Waals surface area (Å²) in [7, 11) is 0. The molecule has 1 aliphatic rings. The Bertz CT molecular complexity index is 1220. The quantitative estimate of drug-likeness (QED) is 0.309. The number of hydrogen-bond acceptors (Lipinski definition) is 7. The SMILES string of the molecule is CCN(c1ccc(Oc2ccc(CC3COCC(=O)N3CC)cc2)c(F)c1)c1ccc([N+](=O)[O-])cn1. The molecule has 0 spiro atoms. The molecule has 1 saturated heterocycles. The minimum Gasteiger partial charge on any atom is -0.454 e. The molecule has 0 N–H and O–H groups in total. The number of amides is 1. The molecule has 4 rings (SSSR count). The van der Waals surface area contributed by atoms with Crippen LogP contribution in [0, 0.1) is 15.9 Å². The molecule has 0 radical (unpaired) electrons. The van der Waals surface area contributed by atoms with Gasteiger partial charge in [-0.1, -0.05) is 12.1 Å². The van der Waals surface area contributed by atoms with Crippen molar-refractivity contribution in [2.45, 2.75) is 26.3 Å². The van der Waals surface area contributed by atoms with Gasteiger partial charge < -0.3 is 19.3 Å². The van der Waals surface area contributed by atoms with Gasteiger partial charge in [0.1, 0.15) is 24.4 Å². The first kappa shape index (κ1) is 25.1. The molecule has 0 saturated carbocycles. The average molecular weight is 495 g/mol. The molecule has 1 unspecified atom stereocenters. The predicted octanol–water partition coefficient (Wildman–Crippen LogP) is 4.87. The summed E-state index contributed by atoms with van der Waals surface area (Å²) in [6, 6.07) is 14.8. The van der Waals surface area contributed by atoms with Gasteiger partial charge in [0.25, 0.3) is 5.69 Å². The van der Waals surface area contributed by atoms with Gasteiger partial charge in [-0.25, -0.2) is 9.37 Å². The highest BCUT2D eigenvalue weighted by atomic mass is 19.1. The maximum atomic E-state index is 14.9. The van der Waals surface area contributed by atoms with E-state index in [1.165, 1.54) is 30.5 Å². The summed E-state index contributed by atoms with van der Waals surface area (Å²) >= 11 is 0. The molecule has 0 aliphatic carbocycles. The minimum atomic E-state index is -0.548. The molecule has 1 aliphatic heterocycles. The molecule has 1 atom stereocenters. The number of aromatic nitrogens is 1. The van der Waals surface area contributed by atoms with Crippen molar-refractivity contribution in [1.82, 2.24) is 9.88 Å². The van der Waals surface area contributed by atoms with Crippen LogP contribution in [0.3, 0.4) is 0 Å². The largest absolute Gasteiger partial charge is 0.454 e. The second-order valence-electron chi connectivity index (χ2n) is 8.29. The lowest BCUT2D eigenvalue weighted by atomic mass is 10.0. The van der Waals surface area contributed by atoms with Crippen LogP contribution in [0.25, 0.3) is 0 Å². The fraction of sp³-hybridized carbons (Fsp3) is 0.308. The molecule has 36 heavy (non-hydrogen) atoms. The number of nitro groups is 1. The van der Waals surface area contributed by atoms with E-state index in [1.54, 1.807) is 23.1 Å². The molecule has 1 amide bonds. The Hall–Kier alpha value is -4.05. The average Bonchev–Trinajstić information content (AvgIpc) is 2.87. The van der Waals surface area contributed by atoms with E-state index < -0.39 is 10.7 Å². The second kappa shape index (κ2) is 11.1. The third-order valence-corrected chi connectivity index (χ3v) is 6.02. The van der Waals surface area contributed by atoms with Crippen LogP contribution in [0.15, 0.2) is 60.8 Å². The van der Waals surface area contributed by atoms with E-state index in [-0.39, 0.29) is 30.0 Å². The highest BCUT2D eigenvalue weighted by Crippen LogP contribution is 2.31. The molecule has 0 bridgehead atoms. The van der Waals surface area contributed by atoms with Gasteiger partial charge in [0.05, 0.1) is 17.6 Å². The smallest absolute Gasteiger partial charge is 0.287 e. The van der Waals surface area contributed by atoms with E-state index in [2.05, 4.69) is 4.98 Å². The van der Waals surface area contributed by atoms with Crippen LogP contribution < -0.4 is 9.64 Å². The zero-order valence-corrected chi connectivity index (χ0v) is 20.1. The Morgan fingerprint density at radius 2 is 1.97 bits per heavy atom. The molecule has 1 aromatic heterocycles. The number of ether oxygens (including phenoxy) is 2. The van der Waals surface area contributed by atoms with Crippen LogP contribution in [-0.2, 0) is 16.0 Å². The number of likely N-dealkylation sites (N-methyl/N-ethyl adjacent to an activating group) is 1. The number of rotatable bonds is 9. The lowest BCUT2D eigenvalue weighted by molar-refractivity contribution is -0.385. The van der Waals surface area contributed by atoms with Crippen molar-refractivity contribution < 1.29 is 23.6 Å². The number of carbonyl (C=O) groups is 1. The number of anilines is 2. The fourth-order valence-corrected chi connectivity index (χ4v) is 4.22. The van der Waals surface area contributed by atoms with Crippen LogP contribution in [0.1, 0.15) is 19.4 Å². The maximum absolute atomic E-state index is 14.9. The first-order valence-corrected chi connectivity index (χ1v) is 11.7. The third-order valence-electron chi connectivity index (χ3n) is 6.02. The van der Waals surface area contributed by atoms with E-state index in [0.717, 1.165) is 5.56 Å². The summed E-state index contributed by atoms with van der Waals surface area (Å²) < 4.78 is 26.1. The fourth-order valence-electron chi connectivity index (χ4n) is 4.22. The monoisotopic (exact) mass is 494 g/mol. The van der Waals surface area contributed by atoms with Gasteiger partial charge in [0, 0.05) is 30.9 Å². The summed E-state index contributed by atoms with van der Waals surface area (Å²) in [5.74, 6) is 0.478. The molecular formula is C26H27FN4O5. The molecule has 10 heteroatoms. The van der Waals surface area contributed by atoms with Gasteiger partial charge in [-0.3, -0.25) is 14.9 Å². The van der Waals surface area contributed by atoms with Crippen molar-refractivity contribution in [2.24, 2.45) is 0 Å². The normalized spacial score (nSPS) is 15.6. The first-order chi connectivity index (χ1) is 17.4. The lowest BCUT2D eigenvalue weighted by Gasteiger charge is -2.34. The van der Waals surface area contributed by atoms with E-state index >= 15 is 0 Å². The Labute approximate surface area is 208 Å².